The highest BCUT2D eigenvalue weighted by molar-refractivity contribution is 6.02. The Balaban J connectivity index is 0.00000144. The lowest BCUT2D eigenvalue weighted by Crippen LogP contribution is -2.28. The number of halogens is 1. The molecule has 0 aliphatic carbocycles. The van der Waals surface area contributed by atoms with E-state index in [2.05, 4.69) is 0 Å². The van der Waals surface area contributed by atoms with Gasteiger partial charge in [0.25, 0.3) is 5.91 Å². The minimum Gasteiger partial charge on any atom is -0.465 e. The summed E-state index contributed by atoms with van der Waals surface area (Å²) in [6.07, 6.45) is -1.34. The topological polar surface area (TPSA) is 66.4 Å². The number of rotatable bonds is 1. The lowest BCUT2D eigenvalue weighted by atomic mass is 10.2. The molecule has 70 valence electrons. The molecule has 0 aliphatic rings. The van der Waals surface area contributed by atoms with Gasteiger partial charge in [-0.15, -0.1) is 12.4 Å². The Morgan fingerprint density at radius 3 is 2.15 bits per heavy atom. The van der Waals surface area contributed by atoms with Crippen molar-refractivity contribution in [3.63, 3.8) is 0 Å². The Labute approximate surface area is 81.0 Å². The van der Waals surface area contributed by atoms with Crippen LogP contribution in [0.1, 0.15) is 10.4 Å². The molecule has 5 heteroatoms. The average molecular weight is 202 g/mol. The molecule has 0 radical (unpaired) electrons. The Hall–Kier alpha value is -1.55. The molecule has 1 aromatic rings. The summed E-state index contributed by atoms with van der Waals surface area (Å²) in [5.41, 5.74) is 0.333. The molecular formula is C8H8ClNO3. The van der Waals surface area contributed by atoms with Gasteiger partial charge in [0, 0.05) is 5.56 Å². The molecule has 4 nitrogen and oxygen atoms in total. The smallest absolute Gasteiger partial charge is 0.411 e. The number of carbonyl (C=O) groups is 2. The van der Waals surface area contributed by atoms with Gasteiger partial charge in [0.1, 0.15) is 0 Å². The van der Waals surface area contributed by atoms with E-state index in [0.29, 0.717) is 5.56 Å². The molecule has 0 saturated carbocycles. The first kappa shape index (κ1) is 11.4. The minimum atomic E-state index is -1.34. The highest BCUT2D eigenvalue weighted by Crippen LogP contribution is 1.96. The zero-order valence-electron chi connectivity index (χ0n) is 6.56. The second-order valence-corrected chi connectivity index (χ2v) is 2.13. The van der Waals surface area contributed by atoms with E-state index < -0.39 is 12.0 Å². The van der Waals surface area contributed by atoms with Crippen molar-refractivity contribution in [3.05, 3.63) is 35.9 Å². The molecule has 2 amide bonds. The van der Waals surface area contributed by atoms with Crippen LogP contribution in [-0.4, -0.2) is 17.1 Å². The average Bonchev–Trinajstić information content (AvgIpc) is 2.05. The fourth-order valence-electron chi connectivity index (χ4n) is 0.759. The molecule has 0 aliphatic heterocycles. The lowest BCUT2D eigenvalue weighted by Gasteiger charge is -1.97. The fraction of sp³-hybridized carbons (Fsp3) is 0. The van der Waals surface area contributed by atoms with Crippen molar-refractivity contribution >= 4 is 24.4 Å². The molecule has 13 heavy (non-hydrogen) atoms. The van der Waals surface area contributed by atoms with E-state index in [9.17, 15) is 9.59 Å². The molecule has 1 rings (SSSR count). The Morgan fingerprint density at radius 2 is 1.69 bits per heavy atom. The van der Waals surface area contributed by atoms with Crippen LogP contribution in [0.4, 0.5) is 4.79 Å². The second kappa shape index (κ2) is 5.16. The van der Waals surface area contributed by atoms with Gasteiger partial charge in [-0.3, -0.25) is 10.1 Å². The van der Waals surface area contributed by atoms with E-state index in [0.717, 1.165) is 0 Å². The first-order chi connectivity index (χ1) is 5.70. The third kappa shape index (κ3) is 3.57. The number of benzene rings is 1. The van der Waals surface area contributed by atoms with Crippen LogP contribution in [0.25, 0.3) is 0 Å². The van der Waals surface area contributed by atoms with Crippen LogP contribution in [0.3, 0.4) is 0 Å². The van der Waals surface area contributed by atoms with Crippen LogP contribution in [0.2, 0.25) is 0 Å². The predicted molar refractivity (Wildman–Crippen MR) is 49.2 cm³/mol. The second-order valence-electron chi connectivity index (χ2n) is 2.13. The third-order valence-electron chi connectivity index (χ3n) is 1.26. The van der Waals surface area contributed by atoms with E-state index in [1.54, 1.807) is 23.5 Å². The van der Waals surface area contributed by atoms with Crippen molar-refractivity contribution in [2.75, 3.05) is 0 Å². The van der Waals surface area contributed by atoms with Crippen LogP contribution in [0.5, 0.6) is 0 Å². The van der Waals surface area contributed by atoms with Gasteiger partial charge in [-0.25, -0.2) is 4.79 Å². The van der Waals surface area contributed by atoms with Crippen molar-refractivity contribution in [3.8, 4) is 0 Å². The van der Waals surface area contributed by atoms with Crippen molar-refractivity contribution in [2.24, 2.45) is 0 Å². The minimum absolute atomic E-state index is 0. The first-order valence-electron chi connectivity index (χ1n) is 3.29. The van der Waals surface area contributed by atoms with Crippen molar-refractivity contribution in [1.82, 2.24) is 5.32 Å². The van der Waals surface area contributed by atoms with Crippen LogP contribution in [0, 0.1) is 0 Å². The number of amides is 2. The highest BCUT2D eigenvalue weighted by Gasteiger charge is 2.06. The van der Waals surface area contributed by atoms with E-state index in [-0.39, 0.29) is 12.4 Å². The van der Waals surface area contributed by atoms with Gasteiger partial charge in [-0.05, 0) is 12.1 Å². The Kier molecular flexibility index (Phi) is 4.54. The normalized spacial score (nSPS) is 8.31. The Morgan fingerprint density at radius 1 is 1.15 bits per heavy atom. The standard InChI is InChI=1S/C8H7NO3.ClH/c10-7(9-8(11)12)6-4-2-1-3-5-6;/h1-5H,(H,9,10)(H,11,12);1H. The van der Waals surface area contributed by atoms with Gasteiger partial charge in [-0.1, -0.05) is 18.2 Å². The summed E-state index contributed by atoms with van der Waals surface area (Å²) in [7, 11) is 0. The predicted octanol–water partition coefficient (Wildman–Crippen LogP) is 1.52. The number of hydrogen-bond donors (Lipinski definition) is 2. The quantitative estimate of drug-likeness (QED) is 0.724. The summed E-state index contributed by atoms with van der Waals surface area (Å²) in [6, 6.07) is 8.15. The summed E-state index contributed by atoms with van der Waals surface area (Å²) in [4.78, 5) is 21.0. The summed E-state index contributed by atoms with van der Waals surface area (Å²) in [5.74, 6) is -0.608. The van der Waals surface area contributed by atoms with E-state index in [1.807, 2.05) is 0 Å². The number of carbonyl (C=O) groups excluding carboxylic acids is 1. The van der Waals surface area contributed by atoms with Crippen molar-refractivity contribution < 1.29 is 14.7 Å². The lowest BCUT2D eigenvalue weighted by molar-refractivity contribution is 0.0948. The van der Waals surface area contributed by atoms with Gasteiger partial charge < -0.3 is 5.11 Å². The number of hydrogen-bond acceptors (Lipinski definition) is 2. The molecule has 0 bridgehead atoms. The van der Waals surface area contributed by atoms with E-state index in [4.69, 9.17) is 5.11 Å². The first-order valence-corrected chi connectivity index (χ1v) is 3.29. The molecule has 0 saturated heterocycles. The number of nitrogens with one attached hydrogen (secondary N) is 1. The van der Waals surface area contributed by atoms with Crippen LogP contribution >= 0.6 is 12.4 Å². The SMILES string of the molecule is Cl.O=C(O)NC(=O)c1ccccc1. The van der Waals surface area contributed by atoms with E-state index in [1.165, 1.54) is 12.1 Å². The summed E-state index contributed by atoms with van der Waals surface area (Å²) >= 11 is 0. The van der Waals surface area contributed by atoms with Gasteiger partial charge in [0.2, 0.25) is 0 Å². The highest BCUT2D eigenvalue weighted by atomic mass is 35.5. The molecule has 0 atom stereocenters. The van der Waals surface area contributed by atoms with E-state index >= 15 is 0 Å². The summed E-state index contributed by atoms with van der Waals surface area (Å²) in [6.45, 7) is 0. The molecule has 0 heterocycles. The molecule has 0 aromatic heterocycles. The maximum atomic E-state index is 11.0. The van der Waals surface area contributed by atoms with Gasteiger partial charge in [0.15, 0.2) is 0 Å². The Bertz CT molecular complexity index is 300. The zero-order valence-corrected chi connectivity index (χ0v) is 7.38. The third-order valence-corrected chi connectivity index (χ3v) is 1.26. The summed E-state index contributed by atoms with van der Waals surface area (Å²) < 4.78 is 0. The van der Waals surface area contributed by atoms with Gasteiger partial charge >= 0.3 is 6.09 Å². The molecule has 0 unspecified atom stereocenters. The molecule has 0 fully saturated rings. The molecule has 0 spiro atoms. The van der Waals surface area contributed by atoms with Crippen LogP contribution in [-0.2, 0) is 0 Å². The maximum Gasteiger partial charge on any atom is 0.411 e. The summed E-state index contributed by atoms with van der Waals surface area (Å²) in [5, 5.41) is 9.95. The number of carboxylic acid groups (broad SMARTS) is 1. The van der Waals surface area contributed by atoms with Crippen molar-refractivity contribution in [2.45, 2.75) is 0 Å². The zero-order chi connectivity index (χ0) is 8.97. The number of imide groups is 1. The van der Waals surface area contributed by atoms with Crippen LogP contribution in [0.15, 0.2) is 30.3 Å². The van der Waals surface area contributed by atoms with Crippen molar-refractivity contribution in [1.29, 1.82) is 0 Å². The molecule has 2 N–H and O–H groups in total. The molecular weight excluding hydrogens is 194 g/mol. The van der Waals surface area contributed by atoms with Gasteiger partial charge in [-0.2, -0.15) is 0 Å². The molecule has 1 aromatic carbocycles. The van der Waals surface area contributed by atoms with Crippen LogP contribution < -0.4 is 5.32 Å². The largest absolute Gasteiger partial charge is 0.465 e. The van der Waals surface area contributed by atoms with Gasteiger partial charge in [0.05, 0.1) is 0 Å². The maximum absolute atomic E-state index is 11.0. The monoisotopic (exact) mass is 201 g/mol. The fourth-order valence-corrected chi connectivity index (χ4v) is 0.759.